The van der Waals surface area contributed by atoms with Crippen molar-refractivity contribution in [1.29, 1.82) is 0 Å². The topological polar surface area (TPSA) is 73.1 Å². The summed E-state index contributed by atoms with van der Waals surface area (Å²) in [6.07, 6.45) is 3.56. The van der Waals surface area contributed by atoms with Crippen LogP contribution in [0.4, 0.5) is 11.6 Å². The maximum Gasteiger partial charge on any atom is 0.169 e. The molecule has 5 heteroatoms. The lowest BCUT2D eigenvalue weighted by atomic mass is 10.0. The Labute approximate surface area is 118 Å². The van der Waals surface area contributed by atoms with Crippen molar-refractivity contribution >= 4 is 22.7 Å². The van der Waals surface area contributed by atoms with Crippen LogP contribution in [-0.4, -0.2) is 30.2 Å². The van der Waals surface area contributed by atoms with Crippen molar-refractivity contribution in [1.82, 2.24) is 9.97 Å². The molecule has 1 aromatic heterocycles. The summed E-state index contributed by atoms with van der Waals surface area (Å²) >= 11 is 0. The standard InChI is InChI=1S/C15H20N4O/c1-20-9-8-15(6-7-15)10-17-14-13(16)18-11-4-2-3-5-12(11)19-14/h2-5H,6-10H2,1H3,(H2,16,18)(H,17,19). The minimum atomic E-state index is 0.357. The highest BCUT2D eigenvalue weighted by Crippen LogP contribution is 2.48. The smallest absolute Gasteiger partial charge is 0.169 e. The van der Waals surface area contributed by atoms with Crippen LogP contribution in [0.15, 0.2) is 24.3 Å². The van der Waals surface area contributed by atoms with Crippen molar-refractivity contribution in [2.75, 3.05) is 31.3 Å². The molecule has 1 aromatic carbocycles. The maximum absolute atomic E-state index is 5.98. The molecule has 106 valence electrons. The Bertz CT molecular complexity index is 610. The number of para-hydroxylation sites is 2. The zero-order valence-electron chi connectivity index (χ0n) is 11.7. The molecule has 0 unspecified atom stereocenters. The lowest BCUT2D eigenvalue weighted by molar-refractivity contribution is 0.175. The second-order valence-corrected chi connectivity index (χ2v) is 5.54. The maximum atomic E-state index is 5.98. The lowest BCUT2D eigenvalue weighted by Crippen LogP contribution is -2.19. The van der Waals surface area contributed by atoms with Crippen LogP contribution in [0.5, 0.6) is 0 Å². The first-order valence-electron chi connectivity index (χ1n) is 6.98. The van der Waals surface area contributed by atoms with Crippen LogP contribution in [0.25, 0.3) is 11.0 Å². The number of rotatable bonds is 6. The molecule has 2 aromatic rings. The number of hydrogen-bond acceptors (Lipinski definition) is 5. The number of nitrogens with one attached hydrogen (secondary N) is 1. The van der Waals surface area contributed by atoms with E-state index in [-0.39, 0.29) is 0 Å². The molecule has 0 saturated heterocycles. The predicted molar refractivity (Wildman–Crippen MR) is 80.6 cm³/mol. The van der Waals surface area contributed by atoms with Crippen LogP contribution in [-0.2, 0) is 4.74 Å². The lowest BCUT2D eigenvalue weighted by Gasteiger charge is -2.16. The number of methoxy groups -OCH3 is 1. The van der Waals surface area contributed by atoms with Gasteiger partial charge in [-0.1, -0.05) is 12.1 Å². The largest absolute Gasteiger partial charge is 0.385 e. The van der Waals surface area contributed by atoms with E-state index < -0.39 is 0 Å². The first kappa shape index (κ1) is 13.1. The molecule has 1 saturated carbocycles. The Balaban J connectivity index is 1.73. The number of anilines is 2. The van der Waals surface area contributed by atoms with E-state index in [0.29, 0.717) is 17.1 Å². The van der Waals surface area contributed by atoms with Gasteiger partial charge in [0.05, 0.1) is 11.0 Å². The van der Waals surface area contributed by atoms with Crippen LogP contribution in [0.3, 0.4) is 0 Å². The number of nitrogens with two attached hydrogens (primary N) is 1. The van der Waals surface area contributed by atoms with Gasteiger partial charge in [0.2, 0.25) is 0 Å². The number of nitrogen functional groups attached to an aromatic ring is 1. The molecule has 0 atom stereocenters. The first-order chi connectivity index (χ1) is 9.72. The molecule has 1 heterocycles. The van der Waals surface area contributed by atoms with E-state index in [2.05, 4.69) is 15.3 Å². The number of hydrogen-bond donors (Lipinski definition) is 2. The summed E-state index contributed by atoms with van der Waals surface area (Å²) in [6.45, 7) is 1.69. The van der Waals surface area contributed by atoms with Crippen molar-refractivity contribution in [3.63, 3.8) is 0 Å². The molecule has 0 spiro atoms. The fourth-order valence-electron chi connectivity index (χ4n) is 2.43. The van der Waals surface area contributed by atoms with Gasteiger partial charge in [0.15, 0.2) is 11.6 Å². The van der Waals surface area contributed by atoms with Crippen LogP contribution < -0.4 is 11.1 Å². The van der Waals surface area contributed by atoms with Crippen LogP contribution in [0.2, 0.25) is 0 Å². The fraction of sp³-hybridized carbons (Fsp3) is 0.467. The number of aromatic nitrogens is 2. The van der Waals surface area contributed by atoms with Gasteiger partial charge in [0, 0.05) is 20.3 Å². The number of nitrogens with zero attached hydrogens (tertiary/aromatic N) is 2. The van der Waals surface area contributed by atoms with E-state index in [9.17, 15) is 0 Å². The Hall–Kier alpha value is -1.88. The third-order valence-electron chi connectivity index (χ3n) is 4.02. The van der Waals surface area contributed by atoms with Gasteiger partial charge >= 0.3 is 0 Å². The van der Waals surface area contributed by atoms with Crippen molar-refractivity contribution in [3.8, 4) is 0 Å². The van der Waals surface area contributed by atoms with Crippen molar-refractivity contribution in [2.24, 2.45) is 5.41 Å². The van der Waals surface area contributed by atoms with Gasteiger partial charge in [-0.25, -0.2) is 9.97 Å². The number of benzene rings is 1. The van der Waals surface area contributed by atoms with E-state index >= 15 is 0 Å². The normalized spacial score (nSPS) is 16.2. The van der Waals surface area contributed by atoms with E-state index in [1.54, 1.807) is 7.11 Å². The number of fused-ring (bicyclic) bond motifs is 1. The van der Waals surface area contributed by atoms with Crippen LogP contribution in [0.1, 0.15) is 19.3 Å². The summed E-state index contributed by atoms with van der Waals surface area (Å²) < 4.78 is 5.17. The SMILES string of the molecule is COCCC1(CNc2nc3ccccc3nc2N)CC1. The third-order valence-corrected chi connectivity index (χ3v) is 4.02. The summed E-state index contributed by atoms with van der Waals surface area (Å²) in [5.41, 5.74) is 8.03. The molecular weight excluding hydrogens is 252 g/mol. The molecule has 20 heavy (non-hydrogen) atoms. The van der Waals surface area contributed by atoms with Gasteiger partial charge in [-0.2, -0.15) is 0 Å². The predicted octanol–water partition coefficient (Wildman–Crippen LogP) is 2.44. The Morgan fingerprint density at radius 3 is 2.60 bits per heavy atom. The fourth-order valence-corrected chi connectivity index (χ4v) is 2.43. The molecule has 0 amide bonds. The molecule has 0 aliphatic heterocycles. The van der Waals surface area contributed by atoms with Crippen molar-refractivity contribution in [2.45, 2.75) is 19.3 Å². The van der Waals surface area contributed by atoms with Crippen LogP contribution in [0, 0.1) is 5.41 Å². The molecule has 1 fully saturated rings. The minimum absolute atomic E-state index is 0.357. The summed E-state index contributed by atoms with van der Waals surface area (Å²) in [6, 6.07) is 7.76. The second-order valence-electron chi connectivity index (χ2n) is 5.54. The zero-order valence-corrected chi connectivity index (χ0v) is 11.7. The van der Waals surface area contributed by atoms with Gasteiger partial charge in [-0.3, -0.25) is 0 Å². The summed E-state index contributed by atoms with van der Waals surface area (Å²) in [5.74, 6) is 1.15. The van der Waals surface area contributed by atoms with E-state index in [4.69, 9.17) is 10.5 Å². The second kappa shape index (κ2) is 5.25. The van der Waals surface area contributed by atoms with Crippen LogP contribution >= 0.6 is 0 Å². The van der Waals surface area contributed by atoms with Crippen molar-refractivity contribution < 1.29 is 4.74 Å². The van der Waals surface area contributed by atoms with Gasteiger partial charge < -0.3 is 15.8 Å². The Morgan fingerprint density at radius 1 is 1.25 bits per heavy atom. The summed E-state index contributed by atoms with van der Waals surface area (Å²) in [7, 11) is 1.75. The number of ether oxygens (including phenoxy) is 1. The molecule has 5 nitrogen and oxygen atoms in total. The van der Waals surface area contributed by atoms with E-state index in [1.165, 1.54) is 12.8 Å². The highest BCUT2D eigenvalue weighted by molar-refractivity contribution is 5.79. The molecule has 3 rings (SSSR count). The molecule has 0 radical (unpaired) electrons. The third kappa shape index (κ3) is 2.67. The average Bonchev–Trinajstić information content (AvgIpc) is 3.23. The van der Waals surface area contributed by atoms with Gasteiger partial charge in [0.1, 0.15) is 0 Å². The minimum Gasteiger partial charge on any atom is -0.385 e. The molecule has 1 aliphatic carbocycles. The van der Waals surface area contributed by atoms with E-state index in [0.717, 1.165) is 30.6 Å². The summed E-state index contributed by atoms with van der Waals surface area (Å²) in [4.78, 5) is 8.94. The highest BCUT2D eigenvalue weighted by Gasteiger charge is 2.41. The zero-order chi connectivity index (χ0) is 14.0. The van der Waals surface area contributed by atoms with Crippen molar-refractivity contribution in [3.05, 3.63) is 24.3 Å². The monoisotopic (exact) mass is 272 g/mol. The van der Waals surface area contributed by atoms with E-state index in [1.807, 2.05) is 24.3 Å². The van der Waals surface area contributed by atoms with Gasteiger partial charge in [-0.05, 0) is 36.8 Å². The first-order valence-corrected chi connectivity index (χ1v) is 6.98. The Kier molecular flexibility index (Phi) is 3.44. The van der Waals surface area contributed by atoms with Gasteiger partial charge in [0.25, 0.3) is 0 Å². The average molecular weight is 272 g/mol. The molecular formula is C15H20N4O. The molecule has 3 N–H and O–H groups in total. The van der Waals surface area contributed by atoms with Gasteiger partial charge in [-0.15, -0.1) is 0 Å². The quantitative estimate of drug-likeness (QED) is 0.845. The molecule has 1 aliphatic rings. The molecule has 0 bridgehead atoms. The summed E-state index contributed by atoms with van der Waals surface area (Å²) in [5, 5.41) is 3.36. The highest BCUT2D eigenvalue weighted by atomic mass is 16.5. The Morgan fingerprint density at radius 2 is 1.95 bits per heavy atom.